The van der Waals surface area contributed by atoms with Crippen molar-refractivity contribution in [3.63, 3.8) is 0 Å². The predicted molar refractivity (Wildman–Crippen MR) is 80.3 cm³/mol. The van der Waals surface area contributed by atoms with Gasteiger partial charge in [-0.15, -0.1) is 11.3 Å². The lowest BCUT2D eigenvalue weighted by Gasteiger charge is -2.11. The fourth-order valence-electron chi connectivity index (χ4n) is 1.99. The molecule has 1 unspecified atom stereocenters. The Hall–Kier alpha value is -0.910. The molecular formula is C15H23NO3S. The summed E-state index contributed by atoms with van der Waals surface area (Å²) in [5.74, 6) is 0.581. The van der Waals surface area contributed by atoms with Gasteiger partial charge in [0.1, 0.15) is 0 Å². The van der Waals surface area contributed by atoms with Crippen molar-refractivity contribution in [1.82, 2.24) is 5.32 Å². The zero-order valence-corrected chi connectivity index (χ0v) is 13.0. The van der Waals surface area contributed by atoms with E-state index in [-0.39, 0.29) is 12.5 Å². The summed E-state index contributed by atoms with van der Waals surface area (Å²) in [5.41, 5.74) is 1.16. The van der Waals surface area contributed by atoms with Crippen LogP contribution in [0.15, 0.2) is 6.07 Å². The highest BCUT2D eigenvalue weighted by Gasteiger charge is 2.21. The van der Waals surface area contributed by atoms with Gasteiger partial charge in [0.05, 0.1) is 17.6 Å². The van der Waals surface area contributed by atoms with Gasteiger partial charge in [-0.25, -0.2) is 0 Å². The largest absolute Gasteiger partial charge is 0.389 e. The van der Waals surface area contributed by atoms with Crippen LogP contribution in [0.2, 0.25) is 0 Å². The van der Waals surface area contributed by atoms with Crippen molar-refractivity contribution < 1.29 is 14.6 Å². The third kappa shape index (κ3) is 4.58. The first-order valence-electron chi connectivity index (χ1n) is 7.23. The number of carbonyl (C=O) groups excluding carboxylic acids is 1. The number of hydrogen-bond acceptors (Lipinski definition) is 4. The number of aliphatic hydroxyl groups is 1. The summed E-state index contributed by atoms with van der Waals surface area (Å²) in [4.78, 5) is 13.9. The smallest absolute Gasteiger partial charge is 0.261 e. The number of hydrogen-bond donors (Lipinski definition) is 2. The van der Waals surface area contributed by atoms with E-state index in [9.17, 15) is 9.90 Å². The molecule has 0 aliphatic heterocycles. The van der Waals surface area contributed by atoms with Crippen molar-refractivity contribution in [2.24, 2.45) is 5.92 Å². The summed E-state index contributed by atoms with van der Waals surface area (Å²) in [7, 11) is 0. The van der Waals surface area contributed by atoms with E-state index >= 15 is 0 Å². The van der Waals surface area contributed by atoms with E-state index in [2.05, 4.69) is 12.2 Å². The lowest BCUT2D eigenvalue weighted by atomic mass is 10.2. The summed E-state index contributed by atoms with van der Waals surface area (Å²) in [6.07, 6.45) is 2.79. The second-order valence-electron chi connectivity index (χ2n) is 5.42. The summed E-state index contributed by atoms with van der Waals surface area (Å²) in [5, 5.41) is 12.5. The molecule has 1 saturated carbocycles. The van der Waals surface area contributed by atoms with Crippen LogP contribution in [-0.2, 0) is 11.2 Å². The molecule has 20 heavy (non-hydrogen) atoms. The van der Waals surface area contributed by atoms with Crippen molar-refractivity contribution in [2.45, 2.75) is 39.2 Å². The second kappa shape index (κ2) is 7.20. The van der Waals surface area contributed by atoms with Gasteiger partial charge in [0.15, 0.2) is 0 Å². The Kier molecular flexibility index (Phi) is 5.57. The van der Waals surface area contributed by atoms with E-state index in [1.54, 1.807) is 0 Å². The van der Waals surface area contributed by atoms with E-state index in [1.165, 1.54) is 29.1 Å². The van der Waals surface area contributed by atoms with E-state index in [1.807, 2.05) is 13.0 Å². The quantitative estimate of drug-likeness (QED) is 0.773. The molecule has 0 aromatic carbocycles. The molecule has 0 spiro atoms. The van der Waals surface area contributed by atoms with Crippen LogP contribution in [0.25, 0.3) is 0 Å². The van der Waals surface area contributed by atoms with Gasteiger partial charge in [-0.3, -0.25) is 4.79 Å². The maximum Gasteiger partial charge on any atom is 0.261 e. The van der Waals surface area contributed by atoms with Crippen LogP contribution in [-0.4, -0.2) is 36.9 Å². The number of thiophene rings is 1. The van der Waals surface area contributed by atoms with E-state index in [0.717, 1.165) is 18.6 Å². The first kappa shape index (κ1) is 15.5. The number of aliphatic hydroxyl groups excluding tert-OH is 1. The lowest BCUT2D eigenvalue weighted by Crippen LogP contribution is -2.34. The van der Waals surface area contributed by atoms with E-state index in [4.69, 9.17) is 4.74 Å². The Balaban J connectivity index is 1.69. The van der Waals surface area contributed by atoms with Crippen LogP contribution < -0.4 is 5.32 Å². The van der Waals surface area contributed by atoms with Crippen molar-refractivity contribution >= 4 is 17.2 Å². The number of ether oxygens (including phenoxy) is 1. The van der Waals surface area contributed by atoms with Crippen LogP contribution in [0.5, 0.6) is 0 Å². The monoisotopic (exact) mass is 297 g/mol. The number of carbonyl (C=O) groups is 1. The van der Waals surface area contributed by atoms with Gasteiger partial charge in [-0.1, -0.05) is 6.92 Å². The summed E-state index contributed by atoms with van der Waals surface area (Å²) in [6, 6.07) is 1.91. The Bertz CT molecular complexity index is 454. The van der Waals surface area contributed by atoms with Gasteiger partial charge >= 0.3 is 0 Å². The zero-order chi connectivity index (χ0) is 14.5. The Morgan fingerprint density at radius 3 is 2.95 bits per heavy atom. The van der Waals surface area contributed by atoms with Gasteiger partial charge in [-0.2, -0.15) is 0 Å². The molecule has 0 saturated heterocycles. The van der Waals surface area contributed by atoms with Crippen LogP contribution in [0.3, 0.4) is 0 Å². The van der Waals surface area contributed by atoms with Gasteiger partial charge in [0, 0.05) is 18.0 Å². The van der Waals surface area contributed by atoms with Crippen LogP contribution in [0.4, 0.5) is 0 Å². The van der Waals surface area contributed by atoms with Crippen LogP contribution in [0.1, 0.15) is 39.9 Å². The number of aryl methyl sites for hydroxylation is 2. The first-order chi connectivity index (χ1) is 9.60. The molecule has 0 bridgehead atoms. The minimum atomic E-state index is -0.635. The minimum Gasteiger partial charge on any atom is -0.389 e. The zero-order valence-electron chi connectivity index (χ0n) is 12.1. The molecular weight excluding hydrogens is 274 g/mol. The predicted octanol–water partition coefficient (Wildman–Crippen LogP) is 2.14. The average molecular weight is 297 g/mol. The molecule has 2 rings (SSSR count). The normalized spacial score (nSPS) is 16.1. The van der Waals surface area contributed by atoms with E-state index in [0.29, 0.717) is 17.4 Å². The molecule has 1 aromatic heterocycles. The summed E-state index contributed by atoms with van der Waals surface area (Å²) < 4.78 is 5.40. The molecule has 1 amide bonds. The molecule has 1 aliphatic carbocycles. The first-order valence-corrected chi connectivity index (χ1v) is 8.05. The number of nitrogens with one attached hydrogen (secondary N) is 1. The van der Waals surface area contributed by atoms with Gasteiger partial charge in [-0.05, 0) is 43.7 Å². The molecule has 1 atom stereocenters. The maximum absolute atomic E-state index is 12.0. The molecule has 5 heteroatoms. The highest BCUT2D eigenvalue weighted by Crippen LogP contribution is 2.28. The highest BCUT2D eigenvalue weighted by atomic mass is 32.1. The number of rotatable bonds is 8. The SMILES string of the molecule is CCc1sc(C(=O)NCC(O)COCC2CC2)cc1C. The molecule has 1 aromatic rings. The Morgan fingerprint density at radius 1 is 1.60 bits per heavy atom. The molecule has 2 N–H and O–H groups in total. The van der Waals surface area contributed by atoms with E-state index < -0.39 is 6.10 Å². The van der Waals surface area contributed by atoms with Crippen molar-refractivity contribution in [2.75, 3.05) is 19.8 Å². The van der Waals surface area contributed by atoms with Crippen molar-refractivity contribution in [3.8, 4) is 0 Å². The standard InChI is InChI=1S/C15H23NO3S/c1-3-13-10(2)6-14(20-13)15(18)16-7-12(17)9-19-8-11-4-5-11/h6,11-12,17H,3-5,7-9H2,1-2H3,(H,16,18). The Morgan fingerprint density at radius 2 is 2.35 bits per heavy atom. The highest BCUT2D eigenvalue weighted by molar-refractivity contribution is 7.14. The molecule has 1 heterocycles. The minimum absolute atomic E-state index is 0.112. The second-order valence-corrected chi connectivity index (χ2v) is 6.55. The fourth-order valence-corrected chi connectivity index (χ4v) is 3.02. The molecule has 112 valence electrons. The maximum atomic E-state index is 12.0. The van der Waals surface area contributed by atoms with Crippen LogP contribution in [0, 0.1) is 12.8 Å². The van der Waals surface area contributed by atoms with Crippen molar-refractivity contribution in [3.05, 3.63) is 21.4 Å². The van der Waals surface area contributed by atoms with Gasteiger partial charge in [0.25, 0.3) is 5.91 Å². The lowest BCUT2D eigenvalue weighted by molar-refractivity contribution is 0.0321. The van der Waals surface area contributed by atoms with Crippen LogP contribution >= 0.6 is 11.3 Å². The average Bonchev–Trinajstić information content (AvgIpc) is 3.17. The third-order valence-corrected chi connectivity index (χ3v) is 4.80. The summed E-state index contributed by atoms with van der Waals surface area (Å²) >= 11 is 1.52. The third-order valence-electron chi connectivity index (χ3n) is 3.42. The van der Waals surface area contributed by atoms with Crippen molar-refractivity contribution in [1.29, 1.82) is 0 Å². The number of amides is 1. The van der Waals surface area contributed by atoms with Gasteiger partial charge < -0.3 is 15.2 Å². The van der Waals surface area contributed by atoms with Gasteiger partial charge in [0.2, 0.25) is 0 Å². The Labute approximate surface area is 124 Å². The fraction of sp³-hybridized carbons (Fsp3) is 0.667. The molecule has 4 nitrogen and oxygen atoms in total. The summed E-state index contributed by atoms with van der Waals surface area (Å²) in [6.45, 7) is 5.37. The molecule has 1 fully saturated rings. The molecule has 0 radical (unpaired) electrons. The topological polar surface area (TPSA) is 58.6 Å². The molecule has 1 aliphatic rings.